The van der Waals surface area contributed by atoms with Crippen LogP contribution in [-0.2, 0) is 6.42 Å². The molecule has 4 rings (SSSR count). The number of nitrogens with two attached hydrogens (primary N) is 2. The van der Waals surface area contributed by atoms with Gasteiger partial charge in [0.25, 0.3) is 0 Å². The number of para-hydroxylation sites is 2. The van der Waals surface area contributed by atoms with Crippen molar-refractivity contribution in [2.45, 2.75) is 16.8 Å². The molecule has 1 aliphatic carbocycles. The highest BCUT2D eigenvalue weighted by atomic mass is 35.5. The summed E-state index contributed by atoms with van der Waals surface area (Å²) in [6, 6.07) is 13.7. The Morgan fingerprint density at radius 1 is 1.24 bits per heavy atom. The van der Waals surface area contributed by atoms with Gasteiger partial charge in [0, 0.05) is 10.6 Å². The van der Waals surface area contributed by atoms with E-state index in [1.54, 1.807) is 11.8 Å². The minimum atomic E-state index is -0.0736. The van der Waals surface area contributed by atoms with Crippen molar-refractivity contribution in [3.8, 4) is 0 Å². The van der Waals surface area contributed by atoms with Crippen molar-refractivity contribution >= 4 is 46.1 Å². The molecule has 5 N–H and O–H groups in total. The molecule has 2 aromatic carbocycles. The number of H-pyrrole nitrogens is 1. The zero-order chi connectivity index (χ0) is 17.4. The summed E-state index contributed by atoms with van der Waals surface area (Å²) in [6.07, 6.45) is 0.813. The number of hydrogen-bond acceptors (Lipinski definition) is 4. The van der Waals surface area contributed by atoms with Gasteiger partial charge in [-0.05, 0) is 36.2 Å². The average Bonchev–Trinajstić information content (AvgIpc) is 3.13. The Morgan fingerprint density at radius 2 is 2.08 bits per heavy atom. The largest absolute Gasteiger partial charge is 0.369 e. The Labute approximate surface area is 153 Å². The summed E-state index contributed by atoms with van der Waals surface area (Å²) in [6.45, 7) is 0. The number of hydrogen-bond donors (Lipinski definition) is 3. The molecule has 1 unspecified atom stereocenters. The van der Waals surface area contributed by atoms with Crippen molar-refractivity contribution in [1.29, 1.82) is 0 Å². The van der Waals surface area contributed by atoms with E-state index < -0.39 is 0 Å². The van der Waals surface area contributed by atoms with Gasteiger partial charge in [0.2, 0.25) is 5.96 Å². The molecule has 126 valence electrons. The van der Waals surface area contributed by atoms with E-state index in [1.165, 1.54) is 5.56 Å². The topological polar surface area (TPSA) is 105 Å². The Kier molecular flexibility index (Phi) is 4.10. The van der Waals surface area contributed by atoms with Crippen LogP contribution in [0.4, 0.5) is 0 Å². The van der Waals surface area contributed by atoms with Gasteiger partial charge in [-0.15, -0.1) is 5.10 Å². The molecule has 8 heteroatoms. The van der Waals surface area contributed by atoms with Crippen LogP contribution in [0.5, 0.6) is 0 Å². The summed E-state index contributed by atoms with van der Waals surface area (Å²) >= 11 is 7.75. The highest BCUT2D eigenvalue weighted by molar-refractivity contribution is 8.00. The number of rotatable bonds is 3. The molecule has 1 aromatic heterocycles. The first-order chi connectivity index (χ1) is 12.1. The zero-order valence-electron chi connectivity index (χ0n) is 13.1. The predicted octanol–water partition coefficient (Wildman–Crippen LogP) is 2.91. The number of imidazole rings is 1. The molecule has 1 heterocycles. The van der Waals surface area contributed by atoms with E-state index in [0.29, 0.717) is 5.02 Å². The molecule has 0 radical (unpaired) electrons. The first-order valence-corrected chi connectivity index (χ1v) is 8.92. The van der Waals surface area contributed by atoms with E-state index in [4.69, 9.17) is 23.1 Å². The third-order valence-corrected chi connectivity index (χ3v) is 5.28. The number of nitrogens with one attached hydrogen (secondary N) is 1. The Bertz CT molecular complexity index is 972. The number of guanidine groups is 1. The standard InChI is InChI=1S/C17H15ClN6S/c18-10-6-5-9-7-14(15(11(9)8-10)23-24-16(19)20)25-17-21-12-3-1-2-4-13(12)22-17/h1-6,8,14H,7H2,(H,21,22)(H4,19,20,24)/b23-15+. The highest BCUT2D eigenvalue weighted by Gasteiger charge is 2.30. The van der Waals surface area contributed by atoms with Crippen LogP contribution < -0.4 is 11.5 Å². The monoisotopic (exact) mass is 370 g/mol. The van der Waals surface area contributed by atoms with Gasteiger partial charge in [-0.1, -0.05) is 41.6 Å². The molecule has 1 atom stereocenters. The van der Waals surface area contributed by atoms with Crippen molar-refractivity contribution in [3.63, 3.8) is 0 Å². The third-order valence-electron chi connectivity index (χ3n) is 3.95. The number of halogens is 1. The van der Waals surface area contributed by atoms with Gasteiger partial charge >= 0.3 is 0 Å². The maximum Gasteiger partial charge on any atom is 0.211 e. The summed E-state index contributed by atoms with van der Waals surface area (Å²) in [7, 11) is 0. The van der Waals surface area contributed by atoms with Crippen molar-refractivity contribution in [2.75, 3.05) is 0 Å². The molecule has 0 saturated carbocycles. The minimum Gasteiger partial charge on any atom is -0.369 e. The van der Waals surface area contributed by atoms with Crippen LogP contribution in [0.3, 0.4) is 0 Å². The summed E-state index contributed by atoms with van der Waals surface area (Å²) in [5.41, 5.74) is 15.8. The summed E-state index contributed by atoms with van der Waals surface area (Å²) < 4.78 is 0. The van der Waals surface area contributed by atoms with E-state index >= 15 is 0 Å². The van der Waals surface area contributed by atoms with Crippen LogP contribution in [0, 0.1) is 0 Å². The first-order valence-electron chi connectivity index (χ1n) is 7.67. The molecule has 3 aromatic rings. The van der Waals surface area contributed by atoms with Gasteiger partial charge in [0.1, 0.15) is 0 Å². The van der Waals surface area contributed by atoms with E-state index in [1.807, 2.05) is 42.5 Å². The highest BCUT2D eigenvalue weighted by Crippen LogP contribution is 2.35. The molecule has 0 amide bonds. The second kappa shape index (κ2) is 6.42. The number of aromatic amines is 1. The van der Waals surface area contributed by atoms with Crippen molar-refractivity contribution in [3.05, 3.63) is 58.6 Å². The molecule has 6 nitrogen and oxygen atoms in total. The summed E-state index contributed by atoms with van der Waals surface area (Å²) in [5.74, 6) is -0.0736. The molecule has 0 bridgehead atoms. The lowest BCUT2D eigenvalue weighted by atomic mass is 10.1. The van der Waals surface area contributed by atoms with Gasteiger partial charge < -0.3 is 16.5 Å². The smallest absolute Gasteiger partial charge is 0.211 e. The molecular formula is C17H15ClN6S. The van der Waals surface area contributed by atoms with Crippen molar-refractivity contribution in [1.82, 2.24) is 9.97 Å². The maximum atomic E-state index is 6.15. The molecule has 0 spiro atoms. The van der Waals surface area contributed by atoms with Crippen molar-refractivity contribution in [2.24, 2.45) is 21.7 Å². The Hall–Kier alpha value is -2.51. The average molecular weight is 371 g/mol. The fourth-order valence-electron chi connectivity index (χ4n) is 2.88. The summed E-state index contributed by atoms with van der Waals surface area (Å²) in [4.78, 5) is 7.96. The van der Waals surface area contributed by atoms with E-state index in [-0.39, 0.29) is 11.2 Å². The first kappa shape index (κ1) is 16.0. The second-order valence-corrected chi connectivity index (χ2v) is 7.31. The van der Waals surface area contributed by atoms with Gasteiger partial charge in [-0.2, -0.15) is 5.10 Å². The second-order valence-electron chi connectivity index (χ2n) is 5.68. The van der Waals surface area contributed by atoms with Crippen LogP contribution in [0.2, 0.25) is 5.02 Å². The van der Waals surface area contributed by atoms with Gasteiger partial charge in [0.05, 0.1) is 22.0 Å². The molecular weight excluding hydrogens is 356 g/mol. The third kappa shape index (κ3) is 3.20. The fraction of sp³-hybridized carbons (Fsp3) is 0.118. The lowest BCUT2D eigenvalue weighted by molar-refractivity contribution is 1.04. The van der Waals surface area contributed by atoms with Gasteiger partial charge in [-0.25, -0.2) is 4.98 Å². The predicted molar refractivity (Wildman–Crippen MR) is 103 cm³/mol. The molecule has 1 aliphatic rings. The number of fused-ring (bicyclic) bond motifs is 2. The SMILES string of the molecule is NC(N)=N/N=C1\c2cc(Cl)ccc2CC1Sc1nc2ccccc2[nH]1. The summed E-state index contributed by atoms with van der Waals surface area (Å²) in [5, 5.41) is 9.66. The van der Waals surface area contributed by atoms with E-state index in [2.05, 4.69) is 20.2 Å². The minimum absolute atomic E-state index is 0.0529. The fourth-order valence-corrected chi connectivity index (χ4v) is 4.19. The Balaban J connectivity index is 1.70. The molecule has 0 fully saturated rings. The molecule has 0 saturated heterocycles. The quantitative estimate of drug-likeness (QED) is 0.374. The van der Waals surface area contributed by atoms with Gasteiger partial charge in [-0.3, -0.25) is 0 Å². The Morgan fingerprint density at radius 3 is 2.88 bits per heavy atom. The molecule has 25 heavy (non-hydrogen) atoms. The van der Waals surface area contributed by atoms with Gasteiger partial charge in [0.15, 0.2) is 5.16 Å². The van der Waals surface area contributed by atoms with E-state index in [9.17, 15) is 0 Å². The molecule has 0 aliphatic heterocycles. The zero-order valence-corrected chi connectivity index (χ0v) is 14.7. The van der Waals surface area contributed by atoms with Crippen LogP contribution in [0.1, 0.15) is 11.1 Å². The van der Waals surface area contributed by atoms with Crippen LogP contribution in [0.15, 0.2) is 57.8 Å². The lowest BCUT2D eigenvalue weighted by Crippen LogP contribution is -2.22. The lowest BCUT2D eigenvalue weighted by Gasteiger charge is -2.07. The maximum absolute atomic E-state index is 6.15. The normalized spacial score (nSPS) is 17.8. The number of nitrogens with zero attached hydrogens (tertiary/aromatic N) is 3. The van der Waals surface area contributed by atoms with Crippen LogP contribution >= 0.6 is 23.4 Å². The van der Waals surface area contributed by atoms with Crippen LogP contribution in [0.25, 0.3) is 11.0 Å². The number of aromatic nitrogens is 2. The van der Waals surface area contributed by atoms with E-state index in [0.717, 1.165) is 33.9 Å². The van der Waals surface area contributed by atoms with Crippen molar-refractivity contribution < 1.29 is 0 Å². The number of thioether (sulfide) groups is 1. The van der Waals surface area contributed by atoms with Crippen LogP contribution in [-0.4, -0.2) is 26.9 Å². The number of benzene rings is 2.